The molecule has 4 aliphatic carbocycles. The first kappa shape index (κ1) is 28.8. The molecule has 12 heteroatoms. The normalized spacial score (nSPS) is 36.9. The van der Waals surface area contributed by atoms with Crippen LogP contribution in [0.15, 0.2) is 0 Å². The average molecular weight is 571 g/mol. The molecule has 0 aromatic heterocycles. The van der Waals surface area contributed by atoms with Gasteiger partial charge in [-0.1, -0.05) is 6.92 Å². The molecule has 210 valence electrons. The second kappa shape index (κ2) is 10.1. The van der Waals surface area contributed by atoms with Crippen molar-refractivity contribution in [2.75, 3.05) is 24.7 Å². The molecule has 1 aliphatic heterocycles. The minimum atomic E-state index is -4.66. The highest BCUT2D eigenvalue weighted by Gasteiger charge is 2.66. The van der Waals surface area contributed by atoms with Crippen LogP contribution in [0.2, 0.25) is 0 Å². The zero-order valence-electron chi connectivity index (χ0n) is 21.3. The summed E-state index contributed by atoms with van der Waals surface area (Å²) in [5.74, 6) is -0.827. The number of halogens is 4. The van der Waals surface area contributed by atoms with Crippen molar-refractivity contribution >= 4 is 41.4 Å². The molecule has 4 bridgehead atoms. The molecule has 5 aliphatic rings. The zero-order chi connectivity index (χ0) is 27.3. The Kier molecular flexibility index (Phi) is 7.87. The Labute approximate surface area is 222 Å². The van der Waals surface area contributed by atoms with Gasteiger partial charge >= 0.3 is 24.1 Å². The number of alkyl halides is 4. The van der Waals surface area contributed by atoms with Crippen LogP contribution >= 0.6 is 23.5 Å². The number of esters is 3. The predicted molar refractivity (Wildman–Crippen MR) is 131 cm³/mol. The van der Waals surface area contributed by atoms with Crippen LogP contribution in [-0.2, 0) is 28.6 Å². The largest absolute Gasteiger partial charge is 0.465 e. The third-order valence-electron chi connectivity index (χ3n) is 7.99. The van der Waals surface area contributed by atoms with Crippen LogP contribution in [0.3, 0.4) is 0 Å². The fourth-order valence-electron chi connectivity index (χ4n) is 6.38. The summed E-state index contributed by atoms with van der Waals surface area (Å²) in [6.45, 7) is 3.76. The van der Waals surface area contributed by atoms with Gasteiger partial charge in [0, 0.05) is 17.9 Å². The van der Waals surface area contributed by atoms with E-state index in [1.165, 1.54) is 13.8 Å². The van der Waals surface area contributed by atoms with E-state index in [1.807, 2.05) is 0 Å². The van der Waals surface area contributed by atoms with E-state index < -0.39 is 47.2 Å². The molecule has 4 saturated carbocycles. The lowest BCUT2D eigenvalue weighted by Crippen LogP contribution is -2.64. The summed E-state index contributed by atoms with van der Waals surface area (Å²) in [5, 5.41) is 0. The maximum absolute atomic E-state index is 14.3. The number of carbonyl (C=O) groups excluding carboxylic acids is 3. The van der Waals surface area contributed by atoms with Gasteiger partial charge in [-0.2, -0.15) is 13.2 Å². The van der Waals surface area contributed by atoms with Crippen LogP contribution < -0.4 is 0 Å². The van der Waals surface area contributed by atoms with Crippen LogP contribution in [0.1, 0.15) is 65.7 Å². The van der Waals surface area contributed by atoms with E-state index in [9.17, 15) is 31.9 Å². The highest BCUT2D eigenvalue weighted by molar-refractivity contribution is 8.18. The fraction of sp³-hybridized carbons (Fsp3) is 0.880. The van der Waals surface area contributed by atoms with Crippen molar-refractivity contribution in [3.05, 3.63) is 0 Å². The second-order valence-corrected chi connectivity index (χ2v) is 14.4. The minimum absolute atomic E-state index is 0.0415. The lowest BCUT2D eigenvalue weighted by atomic mass is 9.53. The van der Waals surface area contributed by atoms with Crippen LogP contribution in [0.25, 0.3) is 0 Å². The van der Waals surface area contributed by atoms with Gasteiger partial charge in [0.2, 0.25) is 5.67 Å². The summed E-state index contributed by atoms with van der Waals surface area (Å²) in [6.07, 6.45) is -2.14. The van der Waals surface area contributed by atoms with Crippen molar-refractivity contribution in [1.29, 1.82) is 0 Å². The molecule has 1 spiro atoms. The third kappa shape index (κ3) is 6.20. The van der Waals surface area contributed by atoms with Gasteiger partial charge in [-0.15, -0.1) is 23.5 Å². The van der Waals surface area contributed by atoms with Crippen molar-refractivity contribution < 1.29 is 46.2 Å². The van der Waals surface area contributed by atoms with E-state index in [4.69, 9.17) is 14.2 Å². The van der Waals surface area contributed by atoms with Crippen molar-refractivity contribution in [2.24, 2.45) is 23.2 Å². The molecule has 0 amide bonds. The van der Waals surface area contributed by atoms with E-state index >= 15 is 0 Å². The first-order valence-electron chi connectivity index (χ1n) is 12.7. The van der Waals surface area contributed by atoms with Gasteiger partial charge in [0.25, 0.3) is 0 Å². The van der Waals surface area contributed by atoms with Gasteiger partial charge in [-0.25, -0.2) is 9.18 Å². The maximum atomic E-state index is 14.3. The third-order valence-corrected chi connectivity index (χ3v) is 12.4. The van der Waals surface area contributed by atoms with E-state index in [1.54, 1.807) is 30.4 Å². The fourth-order valence-corrected chi connectivity index (χ4v) is 10.5. The Hall–Kier alpha value is -1.17. The lowest BCUT2D eigenvalue weighted by Gasteiger charge is -2.65. The second-order valence-electron chi connectivity index (χ2n) is 11.7. The number of ether oxygens (including phenoxy) is 3. The summed E-state index contributed by atoms with van der Waals surface area (Å²) in [6, 6.07) is 0. The predicted octanol–water partition coefficient (Wildman–Crippen LogP) is 5.47. The molecule has 0 radical (unpaired) electrons. The Morgan fingerprint density at radius 3 is 1.92 bits per heavy atom. The Morgan fingerprint density at radius 2 is 1.43 bits per heavy atom. The van der Waals surface area contributed by atoms with E-state index in [-0.39, 0.29) is 35.5 Å². The van der Waals surface area contributed by atoms with Crippen LogP contribution in [-0.4, -0.2) is 64.2 Å². The number of carbonyl (C=O) groups is 3. The molecule has 0 N–H and O–H groups in total. The van der Waals surface area contributed by atoms with E-state index in [0.717, 1.165) is 19.3 Å². The molecule has 0 aromatic carbocycles. The number of hydrogen-bond donors (Lipinski definition) is 0. The molecular weight excluding hydrogens is 536 g/mol. The molecule has 37 heavy (non-hydrogen) atoms. The van der Waals surface area contributed by atoms with Crippen LogP contribution in [0, 0.1) is 23.2 Å². The molecule has 5 fully saturated rings. The minimum Gasteiger partial charge on any atom is -0.465 e. The van der Waals surface area contributed by atoms with E-state index in [0.29, 0.717) is 30.3 Å². The Balaban J connectivity index is 1.46. The van der Waals surface area contributed by atoms with Gasteiger partial charge in [-0.05, 0) is 63.7 Å². The summed E-state index contributed by atoms with van der Waals surface area (Å²) in [5.41, 5.74) is -3.51. The standard InChI is InChI=1S/C25H34F4O6S2/c1-4-18(30)33-11-22(12-34-19(31)10-24(27,28)29)13-36-25(37-14-22)16-5-15-6-17(25)9-23(7-15,8-16)35-20(32)21(2,3)26/h15-17H,4-14H2,1-3H3. The SMILES string of the molecule is CCC(=O)OCC1(COC(=O)CC(F)(F)F)CSC2(SC1)C1CC3CC2CC(OC(=O)C(C)(C)F)(C3)C1. The van der Waals surface area contributed by atoms with Crippen LogP contribution in [0.4, 0.5) is 17.6 Å². The Bertz CT molecular complexity index is 892. The molecule has 5 rings (SSSR count). The smallest absolute Gasteiger partial charge is 0.399 e. The first-order chi connectivity index (χ1) is 17.1. The Morgan fingerprint density at radius 1 is 0.892 bits per heavy atom. The van der Waals surface area contributed by atoms with Gasteiger partial charge in [-0.3, -0.25) is 9.59 Å². The average Bonchev–Trinajstić information content (AvgIpc) is 2.78. The summed E-state index contributed by atoms with van der Waals surface area (Å²) in [7, 11) is 0. The summed E-state index contributed by atoms with van der Waals surface area (Å²) in [4.78, 5) is 36.1. The first-order valence-corrected chi connectivity index (χ1v) is 14.6. The van der Waals surface area contributed by atoms with Crippen molar-refractivity contribution in [2.45, 2.75) is 87.2 Å². The highest BCUT2D eigenvalue weighted by atomic mass is 32.2. The monoisotopic (exact) mass is 570 g/mol. The van der Waals surface area contributed by atoms with E-state index in [2.05, 4.69) is 0 Å². The number of thioether (sulfide) groups is 2. The van der Waals surface area contributed by atoms with Gasteiger partial charge in [0.1, 0.15) is 25.2 Å². The van der Waals surface area contributed by atoms with Crippen LogP contribution in [0.5, 0.6) is 0 Å². The van der Waals surface area contributed by atoms with Crippen molar-refractivity contribution in [3.8, 4) is 0 Å². The van der Waals surface area contributed by atoms with Crippen molar-refractivity contribution in [1.82, 2.24) is 0 Å². The lowest BCUT2D eigenvalue weighted by molar-refractivity contribution is -0.197. The molecule has 1 saturated heterocycles. The topological polar surface area (TPSA) is 78.9 Å². The van der Waals surface area contributed by atoms with Gasteiger partial charge in [0.05, 0.1) is 9.49 Å². The quantitative estimate of drug-likeness (QED) is 0.216. The maximum Gasteiger partial charge on any atom is 0.399 e. The molecule has 1 heterocycles. The molecular formula is C25H34F4O6S2. The zero-order valence-corrected chi connectivity index (χ0v) is 22.9. The number of hydrogen-bond acceptors (Lipinski definition) is 8. The summed E-state index contributed by atoms with van der Waals surface area (Å²) >= 11 is 3.40. The molecule has 2 unspecified atom stereocenters. The molecule has 0 aromatic rings. The van der Waals surface area contributed by atoms with Gasteiger partial charge in [0.15, 0.2) is 0 Å². The molecule has 6 nitrogen and oxygen atoms in total. The molecule has 2 atom stereocenters. The highest BCUT2D eigenvalue weighted by Crippen LogP contribution is 2.70. The van der Waals surface area contributed by atoms with Gasteiger partial charge < -0.3 is 14.2 Å². The van der Waals surface area contributed by atoms with Crippen molar-refractivity contribution in [3.63, 3.8) is 0 Å². The summed E-state index contributed by atoms with van der Waals surface area (Å²) < 4.78 is 68.2. The number of rotatable bonds is 8.